The molecule has 0 bridgehead atoms. The molecular formula is C21H19N5O2. The van der Waals surface area contributed by atoms with Gasteiger partial charge in [-0.15, -0.1) is 0 Å². The van der Waals surface area contributed by atoms with Gasteiger partial charge in [-0.05, 0) is 24.5 Å². The molecule has 2 aromatic rings. The van der Waals surface area contributed by atoms with Crippen molar-refractivity contribution >= 4 is 23.0 Å². The molecule has 0 atom stereocenters. The normalized spacial score (nSPS) is 14.8. The zero-order valence-electron chi connectivity index (χ0n) is 15.7. The topological polar surface area (TPSA) is 92.3 Å². The molecule has 0 unspecified atom stereocenters. The Bertz CT molecular complexity index is 1100. The molecule has 140 valence electrons. The molecule has 1 aromatic carbocycles. The van der Waals surface area contributed by atoms with Crippen LogP contribution in [0, 0.1) is 11.3 Å². The summed E-state index contributed by atoms with van der Waals surface area (Å²) in [5.74, 6) is 0.877. The number of hydrogen-bond donors (Lipinski definition) is 1. The van der Waals surface area contributed by atoms with Crippen molar-refractivity contribution in [1.29, 1.82) is 5.26 Å². The van der Waals surface area contributed by atoms with Crippen molar-refractivity contribution in [3.05, 3.63) is 58.9 Å². The number of benzene rings is 1. The maximum absolute atomic E-state index is 12.5. The third-order valence-corrected chi connectivity index (χ3v) is 4.86. The molecule has 0 spiro atoms. The highest BCUT2D eigenvalue weighted by atomic mass is 16.5. The maximum atomic E-state index is 12.5. The standard InChI is InChI=1S/C21H19N5O2/c1-26-12-15(11-23-26)21(27)25-18-9-16-17(28-2)8-14(10-22)19(20(16)24-18)13-6-4-3-5-7-13/h3-4,6,8,11-12H,5,7,9H2,1-2H3,(H,24,25,27). The molecule has 4 rings (SSSR count). The first-order valence-corrected chi connectivity index (χ1v) is 8.98. The molecule has 7 nitrogen and oxygen atoms in total. The summed E-state index contributed by atoms with van der Waals surface area (Å²) in [6.07, 6.45) is 11.5. The second-order valence-corrected chi connectivity index (χ2v) is 6.69. The smallest absolute Gasteiger partial charge is 0.259 e. The van der Waals surface area contributed by atoms with Gasteiger partial charge in [-0.1, -0.05) is 18.2 Å². The lowest BCUT2D eigenvalue weighted by Gasteiger charge is -2.16. The lowest BCUT2D eigenvalue weighted by molar-refractivity contribution is 0.0976. The Morgan fingerprint density at radius 2 is 2.29 bits per heavy atom. The maximum Gasteiger partial charge on any atom is 0.259 e. The summed E-state index contributed by atoms with van der Waals surface area (Å²) in [6.45, 7) is 0. The van der Waals surface area contributed by atoms with Crippen LogP contribution in [0.2, 0.25) is 0 Å². The van der Waals surface area contributed by atoms with Crippen molar-refractivity contribution < 1.29 is 9.53 Å². The number of carbonyl (C=O) groups is 1. The minimum Gasteiger partial charge on any atom is -0.496 e. The van der Waals surface area contributed by atoms with Crippen LogP contribution < -0.4 is 10.1 Å². The van der Waals surface area contributed by atoms with Crippen LogP contribution in [0.25, 0.3) is 5.57 Å². The first-order valence-electron chi connectivity index (χ1n) is 8.98. The number of rotatable bonds is 3. The van der Waals surface area contributed by atoms with E-state index in [0.29, 0.717) is 34.8 Å². The number of nitrogens with zero attached hydrogens (tertiary/aromatic N) is 4. The molecule has 1 aliphatic carbocycles. The summed E-state index contributed by atoms with van der Waals surface area (Å²) < 4.78 is 7.07. The molecular weight excluding hydrogens is 354 g/mol. The van der Waals surface area contributed by atoms with Crippen molar-refractivity contribution in [1.82, 2.24) is 15.1 Å². The largest absolute Gasteiger partial charge is 0.496 e. The van der Waals surface area contributed by atoms with Gasteiger partial charge >= 0.3 is 0 Å². The van der Waals surface area contributed by atoms with Crippen LogP contribution in [0.3, 0.4) is 0 Å². The third-order valence-electron chi connectivity index (χ3n) is 4.86. The van der Waals surface area contributed by atoms with E-state index in [0.717, 1.165) is 29.5 Å². The number of aliphatic imine (C=N–C) groups is 1. The Morgan fingerprint density at radius 1 is 1.43 bits per heavy atom. The summed E-state index contributed by atoms with van der Waals surface area (Å²) in [6, 6.07) is 4.03. The monoisotopic (exact) mass is 373 g/mol. The fourth-order valence-corrected chi connectivity index (χ4v) is 3.54. The van der Waals surface area contributed by atoms with Gasteiger partial charge in [0, 0.05) is 30.8 Å². The number of aromatic nitrogens is 2. The van der Waals surface area contributed by atoms with Crippen LogP contribution in [-0.4, -0.2) is 28.6 Å². The zero-order chi connectivity index (χ0) is 19.7. The van der Waals surface area contributed by atoms with Gasteiger partial charge in [0.05, 0.1) is 36.2 Å². The van der Waals surface area contributed by atoms with Crippen LogP contribution in [0.4, 0.5) is 5.69 Å². The van der Waals surface area contributed by atoms with E-state index in [-0.39, 0.29) is 5.91 Å². The highest BCUT2D eigenvalue weighted by Crippen LogP contribution is 2.44. The van der Waals surface area contributed by atoms with E-state index in [1.807, 2.05) is 12.2 Å². The summed E-state index contributed by atoms with van der Waals surface area (Å²) in [5.41, 5.74) is 4.48. The number of ether oxygens (including phenoxy) is 1. The average molecular weight is 373 g/mol. The number of methoxy groups -OCH3 is 1. The number of allylic oxidation sites excluding steroid dienone is 4. The van der Waals surface area contributed by atoms with E-state index in [1.165, 1.54) is 6.20 Å². The Morgan fingerprint density at radius 3 is 2.93 bits per heavy atom. The van der Waals surface area contributed by atoms with Gasteiger partial charge in [0.1, 0.15) is 11.6 Å². The summed E-state index contributed by atoms with van der Waals surface area (Å²) >= 11 is 0. The van der Waals surface area contributed by atoms with Gasteiger partial charge in [-0.3, -0.25) is 9.48 Å². The third kappa shape index (κ3) is 3.09. The lowest BCUT2D eigenvalue weighted by atomic mass is 9.90. The predicted molar refractivity (Wildman–Crippen MR) is 106 cm³/mol. The highest BCUT2D eigenvalue weighted by Gasteiger charge is 2.27. The second kappa shape index (κ2) is 7.16. The number of amides is 1. The van der Waals surface area contributed by atoms with Gasteiger partial charge < -0.3 is 10.1 Å². The molecule has 0 fully saturated rings. The number of carbonyl (C=O) groups excluding carboxylic acids is 1. The van der Waals surface area contributed by atoms with Crippen LogP contribution in [-0.2, 0) is 13.5 Å². The Kier molecular flexibility index (Phi) is 4.53. The van der Waals surface area contributed by atoms with Crippen LogP contribution in [0.1, 0.15) is 39.9 Å². The molecule has 0 saturated heterocycles. The van der Waals surface area contributed by atoms with Gasteiger partial charge in [0.15, 0.2) is 0 Å². The fraction of sp³-hybridized carbons (Fsp3) is 0.238. The Balaban J connectivity index is 1.75. The molecule has 1 N–H and O–H groups in total. The van der Waals surface area contributed by atoms with Gasteiger partial charge in [0.2, 0.25) is 0 Å². The van der Waals surface area contributed by atoms with E-state index in [2.05, 4.69) is 27.6 Å². The van der Waals surface area contributed by atoms with Crippen molar-refractivity contribution in [2.24, 2.45) is 12.0 Å². The van der Waals surface area contributed by atoms with E-state index < -0.39 is 0 Å². The SMILES string of the molecule is COc1cc(C#N)c(C2=CC=CCC2)c2c1CC(NC(=O)c1cnn(C)c1)=N2. The highest BCUT2D eigenvalue weighted by molar-refractivity contribution is 6.10. The molecule has 2 aliphatic rings. The first kappa shape index (κ1) is 17.7. The fourth-order valence-electron chi connectivity index (χ4n) is 3.54. The minimum absolute atomic E-state index is 0.263. The van der Waals surface area contributed by atoms with Crippen LogP contribution in [0.5, 0.6) is 5.75 Å². The summed E-state index contributed by atoms with van der Waals surface area (Å²) in [7, 11) is 3.33. The van der Waals surface area contributed by atoms with E-state index in [1.54, 1.807) is 31.1 Å². The number of amidine groups is 1. The van der Waals surface area contributed by atoms with Crippen molar-refractivity contribution in [3.8, 4) is 11.8 Å². The van der Waals surface area contributed by atoms with Gasteiger partial charge in [0.25, 0.3) is 5.91 Å². The van der Waals surface area contributed by atoms with Crippen molar-refractivity contribution in [2.45, 2.75) is 19.3 Å². The molecule has 0 saturated carbocycles. The second-order valence-electron chi connectivity index (χ2n) is 6.69. The summed E-state index contributed by atoms with van der Waals surface area (Å²) in [5, 5.41) is 16.6. The van der Waals surface area contributed by atoms with Gasteiger partial charge in [-0.2, -0.15) is 10.4 Å². The summed E-state index contributed by atoms with van der Waals surface area (Å²) in [4.78, 5) is 17.2. The van der Waals surface area contributed by atoms with Crippen molar-refractivity contribution in [3.63, 3.8) is 0 Å². The predicted octanol–water partition coefficient (Wildman–Crippen LogP) is 3.05. The molecule has 1 amide bonds. The van der Waals surface area contributed by atoms with E-state index >= 15 is 0 Å². The van der Waals surface area contributed by atoms with Crippen LogP contribution in [0.15, 0.2) is 41.7 Å². The molecule has 2 heterocycles. The quantitative estimate of drug-likeness (QED) is 0.895. The molecule has 1 aromatic heterocycles. The number of nitriles is 1. The number of nitrogens with one attached hydrogen (secondary N) is 1. The first-order chi connectivity index (χ1) is 13.6. The van der Waals surface area contributed by atoms with E-state index in [4.69, 9.17) is 4.74 Å². The molecule has 28 heavy (non-hydrogen) atoms. The molecule has 1 aliphatic heterocycles. The number of hydrogen-bond acceptors (Lipinski definition) is 5. The number of fused-ring (bicyclic) bond motifs is 1. The Hall–Kier alpha value is -3.66. The average Bonchev–Trinajstić information content (AvgIpc) is 3.33. The Labute approximate surface area is 162 Å². The van der Waals surface area contributed by atoms with Crippen molar-refractivity contribution in [2.75, 3.05) is 7.11 Å². The van der Waals surface area contributed by atoms with Crippen LogP contribution >= 0.6 is 0 Å². The van der Waals surface area contributed by atoms with Gasteiger partial charge in [-0.25, -0.2) is 4.99 Å². The number of aryl methyl sites for hydroxylation is 1. The lowest BCUT2D eigenvalue weighted by Crippen LogP contribution is -2.30. The zero-order valence-corrected chi connectivity index (χ0v) is 15.7. The minimum atomic E-state index is -0.263. The van der Waals surface area contributed by atoms with E-state index in [9.17, 15) is 10.1 Å². The molecule has 7 heteroatoms. The molecule has 0 radical (unpaired) electrons.